The van der Waals surface area contributed by atoms with E-state index in [1.54, 1.807) is 0 Å². The molecule has 0 aliphatic carbocycles. The first-order chi connectivity index (χ1) is 11.2. The highest BCUT2D eigenvalue weighted by molar-refractivity contribution is 7.99. The minimum absolute atomic E-state index is 0. The number of hydrogen-bond donors (Lipinski definition) is 1. The normalized spacial score (nSPS) is 19.7. The third-order valence-corrected chi connectivity index (χ3v) is 5.82. The number of thioether (sulfide) groups is 1. The Morgan fingerprint density at radius 1 is 1.28 bits per heavy atom. The Balaban J connectivity index is 0.00000156. The molecule has 0 spiro atoms. The van der Waals surface area contributed by atoms with E-state index in [0.29, 0.717) is 19.0 Å². The molecule has 2 aliphatic rings. The molecule has 1 unspecified atom stereocenters. The molecule has 0 saturated carbocycles. The Kier molecular flexibility index (Phi) is 10.0. The van der Waals surface area contributed by atoms with Gasteiger partial charge >= 0.3 is 0 Å². The summed E-state index contributed by atoms with van der Waals surface area (Å²) in [6.45, 7) is 3.99. The Bertz CT molecular complexity index is 535. The maximum absolute atomic E-state index is 12.5. The highest BCUT2D eigenvalue weighted by Gasteiger charge is 2.21. The zero-order valence-corrected chi connectivity index (χ0v) is 17.2. The van der Waals surface area contributed by atoms with Crippen molar-refractivity contribution in [1.29, 1.82) is 0 Å². The van der Waals surface area contributed by atoms with Crippen LogP contribution in [0, 0.1) is 0 Å². The minimum atomic E-state index is 0. The van der Waals surface area contributed by atoms with Crippen LogP contribution in [0.15, 0.2) is 24.3 Å². The number of hydrogen-bond acceptors (Lipinski definition) is 4. The van der Waals surface area contributed by atoms with Crippen LogP contribution in [0.2, 0.25) is 0 Å². The fourth-order valence-electron chi connectivity index (χ4n) is 3.37. The van der Waals surface area contributed by atoms with Crippen LogP contribution in [0.1, 0.15) is 24.8 Å². The summed E-state index contributed by atoms with van der Waals surface area (Å²) in [6, 6.07) is 8.86. The van der Waals surface area contributed by atoms with E-state index >= 15 is 0 Å². The van der Waals surface area contributed by atoms with Crippen LogP contribution in [0.4, 0.5) is 5.69 Å². The maximum Gasteiger partial charge on any atom is 0.224 e. The summed E-state index contributed by atoms with van der Waals surface area (Å²) in [5, 5.41) is 3.45. The minimum Gasteiger partial charge on any atom is -0.371 e. The van der Waals surface area contributed by atoms with Crippen LogP contribution in [0.3, 0.4) is 0 Å². The Morgan fingerprint density at radius 2 is 2.00 bits per heavy atom. The lowest BCUT2D eigenvalue weighted by molar-refractivity contribution is -0.130. The van der Waals surface area contributed by atoms with Gasteiger partial charge in [-0.05, 0) is 24.5 Å². The molecule has 2 aliphatic heterocycles. The van der Waals surface area contributed by atoms with E-state index in [9.17, 15) is 4.79 Å². The molecule has 1 atom stereocenters. The second kappa shape index (κ2) is 11.2. The monoisotopic (exact) mass is 405 g/mol. The van der Waals surface area contributed by atoms with Gasteiger partial charge in [0.05, 0.1) is 0 Å². The summed E-state index contributed by atoms with van der Waals surface area (Å²) >= 11 is 1.94. The molecule has 1 aromatic rings. The van der Waals surface area contributed by atoms with Crippen molar-refractivity contribution in [2.45, 2.75) is 31.8 Å². The van der Waals surface area contributed by atoms with Gasteiger partial charge in [-0.3, -0.25) is 4.79 Å². The van der Waals surface area contributed by atoms with Gasteiger partial charge in [0.1, 0.15) is 0 Å². The molecule has 0 bridgehead atoms. The second-order valence-electron chi connectivity index (χ2n) is 6.50. The lowest BCUT2D eigenvalue weighted by atomic mass is 10.1. The van der Waals surface area contributed by atoms with Gasteiger partial charge in [-0.15, -0.1) is 24.8 Å². The van der Waals surface area contributed by atoms with Crippen LogP contribution in [0.5, 0.6) is 0 Å². The van der Waals surface area contributed by atoms with E-state index in [1.165, 1.54) is 24.1 Å². The molecule has 3 rings (SSSR count). The SMILES string of the molecule is CN(Cc1ccccc1N1CCCC1)C(=O)CC1CSCCN1.Cl.Cl. The molecule has 1 aromatic carbocycles. The molecule has 2 saturated heterocycles. The predicted octanol–water partition coefficient (Wildman–Crippen LogP) is 3.18. The fraction of sp³-hybridized carbons (Fsp3) is 0.611. The number of halogens is 2. The number of carbonyl (C=O) groups excluding carboxylic acids is 1. The third kappa shape index (κ3) is 6.24. The Labute approximate surface area is 167 Å². The number of nitrogens with zero attached hydrogens (tertiary/aromatic N) is 2. The lowest BCUT2D eigenvalue weighted by Gasteiger charge is -2.27. The van der Waals surface area contributed by atoms with Crippen molar-refractivity contribution in [3.63, 3.8) is 0 Å². The quantitative estimate of drug-likeness (QED) is 0.815. The van der Waals surface area contributed by atoms with Gasteiger partial charge in [0.25, 0.3) is 0 Å². The number of carbonyl (C=O) groups is 1. The molecule has 2 fully saturated rings. The summed E-state index contributed by atoms with van der Waals surface area (Å²) in [6.07, 6.45) is 3.15. The summed E-state index contributed by atoms with van der Waals surface area (Å²) in [7, 11) is 1.93. The van der Waals surface area contributed by atoms with Crippen molar-refractivity contribution >= 4 is 48.2 Å². The van der Waals surface area contributed by atoms with Gasteiger partial charge in [0.15, 0.2) is 0 Å². The molecule has 7 heteroatoms. The van der Waals surface area contributed by atoms with E-state index in [1.807, 2.05) is 23.7 Å². The molecule has 1 amide bonds. The third-order valence-electron chi connectivity index (χ3n) is 4.69. The van der Waals surface area contributed by atoms with E-state index in [-0.39, 0.29) is 30.7 Å². The number of anilines is 1. The average molecular weight is 406 g/mol. The van der Waals surface area contributed by atoms with Crippen molar-refractivity contribution in [3.8, 4) is 0 Å². The van der Waals surface area contributed by atoms with Gasteiger partial charge in [-0.1, -0.05) is 18.2 Å². The topological polar surface area (TPSA) is 35.6 Å². The van der Waals surface area contributed by atoms with E-state index in [2.05, 4.69) is 34.5 Å². The average Bonchev–Trinajstić information content (AvgIpc) is 3.10. The summed E-state index contributed by atoms with van der Waals surface area (Å²) in [5.74, 6) is 2.44. The van der Waals surface area contributed by atoms with Crippen molar-refractivity contribution < 1.29 is 4.79 Å². The molecule has 0 aromatic heterocycles. The van der Waals surface area contributed by atoms with Crippen LogP contribution < -0.4 is 10.2 Å². The van der Waals surface area contributed by atoms with Gasteiger partial charge in [0, 0.05) is 62.9 Å². The van der Waals surface area contributed by atoms with Gasteiger partial charge in [-0.25, -0.2) is 0 Å². The summed E-state index contributed by atoms with van der Waals surface area (Å²) in [4.78, 5) is 16.8. The van der Waals surface area contributed by atoms with E-state index in [4.69, 9.17) is 0 Å². The molecule has 2 heterocycles. The molecule has 142 valence electrons. The summed E-state index contributed by atoms with van der Waals surface area (Å²) < 4.78 is 0. The highest BCUT2D eigenvalue weighted by atomic mass is 35.5. The van der Waals surface area contributed by atoms with E-state index < -0.39 is 0 Å². The van der Waals surface area contributed by atoms with Crippen LogP contribution in [0.25, 0.3) is 0 Å². The molecule has 25 heavy (non-hydrogen) atoms. The van der Waals surface area contributed by atoms with Gasteiger partial charge in [0.2, 0.25) is 5.91 Å². The second-order valence-corrected chi connectivity index (χ2v) is 7.65. The van der Waals surface area contributed by atoms with Crippen LogP contribution in [-0.4, -0.2) is 55.0 Å². The number of rotatable bonds is 5. The first-order valence-corrected chi connectivity index (χ1v) is 9.77. The Hall–Kier alpha value is -0.620. The lowest BCUT2D eigenvalue weighted by Crippen LogP contribution is -2.41. The number of nitrogens with one attached hydrogen (secondary N) is 1. The maximum atomic E-state index is 12.5. The molecule has 0 radical (unpaired) electrons. The number of amides is 1. The van der Waals surface area contributed by atoms with Crippen molar-refractivity contribution in [3.05, 3.63) is 29.8 Å². The van der Waals surface area contributed by atoms with Crippen molar-refractivity contribution in [2.75, 3.05) is 43.1 Å². The van der Waals surface area contributed by atoms with Gasteiger partial charge in [-0.2, -0.15) is 11.8 Å². The smallest absolute Gasteiger partial charge is 0.224 e. The standard InChI is InChI=1S/C18H27N3OS.2ClH/c1-20(18(22)12-16-14-23-11-8-19-16)13-15-6-2-3-7-17(15)21-9-4-5-10-21;;/h2-3,6-7,16,19H,4-5,8-14H2,1H3;2*1H. The fourth-order valence-corrected chi connectivity index (χ4v) is 4.32. The Morgan fingerprint density at radius 3 is 2.68 bits per heavy atom. The molecular weight excluding hydrogens is 377 g/mol. The number of para-hydroxylation sites is 1. The van der Waals surface area contributed by atoms with Gasteiger partial charge < -0.3 is 15.1 Å². The summed E-state index contributed by atoms with van der Waals surface area (Å²) in [5.41, 5.74) is 2.56. The van der Waals surface area contributed by atoms with Crippen molar-refractivity contribution in [2.24, 2.45) is 0 Å². The van der Waals surface area contributed by atoms with Crippen molar-refractivity contribution in [1.82, 2.24) is 10.2 Å². The van der Waals surface area contributed by atoms with Crippen LogP contribution >= 0.6 is 36.6 Å². The first-order valence-electron chi connectivity index (χ1n) is 8.62. The first kappa shape index (κ1) is 22.4. The molecule has 4 nitrogen and oxygen atoms in total. The van der Waals surface area contributed by atoms with E-state index in [0.717, 1.165) is 31.1 Å². The zero-order valence-electron chi connectivity index (χ0n) is 14.8. The largest absolute Gasteiger partial charge is 0.371 e. The highest BCUT2D eigenvalue weighted by Crippen LogP contribution is 2.25. The molecule has 1 N–H and O–H groups in total. The van der Waals surface area contributed by atoms with Crippen LogP contribution in [-0.2, 0) is 11.3 Å². The zero-order chi connectivity index (χ0) is 16.1. The predicted molar refractivity (Wildman–Crippen MR) is 113 cm³/mol. The number of benzene rings is 1. The molecular formula is C18H29Cl2N3OS.